The molecule has 212 valence electrons. The molecule has 8 nitrogen and oxygen atoms in total. The number of thiazole rings is 1. The summed E-state index contributed by atoms with van der Waals surface area (Å²) < 4.78 is 21.0. The molecule has 1 aliphatic heterocycles. The number of nitrogens with zero attached hydrogens (tertiary/aromatic N) is 3. The topological polar surface area (TPSA) is 88.0 Å². The van der Waals surface area contributed by atoms with Gasteiger partial charge in [-0.05, 0) is 60.5 Å². The number of anilines is 1. The molecule has 0 spiro atoms. The van der Waals surface area contributed by atoms with Crippen LogP contribution in [0.4, 0.5) is 15.8 Å². The molecule has 2 N–H and O–H groups in total. The highest BCUT2D eigenvalue weighted by Gasteiger charge is 2.13. The number of hydrogen-bond acceptors (Lipinski definition) is 6. The van der Waals surface area contributed by atoms with Crippen LogP contribution in [0.2, 0.25) is 0 Å². The van der Waals surface area contributed by atoms with Crippen LogP contribution in [0.3, 0.4) is 0 Å². The number of amides is 2. The Bertz CT molecular complexity index is 1510. The van der Waals surface area contributed by atoms with Crippen LogP contribution in [0.1, 0.15) is 16.8 Å². The van der Waals surface area contributed by atoms with E-state index in [1.807, 2.05) is 6.07 Å². The summed E-state index contributed by atoms with van der Waals surface area (Å²) in [5, 5.41) is 7.60. The van der Waals surface area contributed by atoms with Crippen LogP contribution >= 0.6 is 11.3 Å². The van der Waals surface area contributed by atoms with Crippen molar-refractivity contribution in [2.24, 2.45) is 4.99 Å². The van der Waals surface area contributed by atoms with Gasteiger partial charge in [0, 0.05) is 42.8 Å². The average Bonchev–Trinajstić information content (AvgIpc) is 3.42. The summed E-state index contributed by atoms with van der Waals surface area (Å²) in [5.74, 6) is -0.842. The molecule has 0 radical (unpaired) electrons. The lowest BCUT2D eigenvalue weighted by Gasteiger charge is -2.28. The van der Waals surface area contributed by atoms with E-state index < -0.39 is 0 Å². The first-order chi connectivity index (χ1) is 20.1. The number of morpholine rings is 1. The largest absolute Gasteiger partial charge is 0.378 e. The highest BCUT2D eigenvalue weighted by atomic mass is 32.1. The summed E-state index contributed by atoms with van der Waals surface area (Å²) in [6.07, 6.45) is 0.657. The Kier molecular flexibility index (Phi) is 9.56. The van der Waals surface area contributed by atoms with E-state index in [4.69, 9.17) is 9.73 Å². The molecule has 0 bridgehead atoms. The zero-order valence-electron chi connectivity index (χ0n) is 22.6. The minimum absolute atomic E-state index is 0.0921. The number of ether oxygens (including phenoxy) is 1. The molecular weight excluding hydrogens is 541 g/mol. The first-order valence-corrected chi connectivity index (χ1v) is 14.5. The Morgan fingerprint density at radius 1 is 0.927 bits per heavy atom. The molecule has 4 aromatic rings. The predicted molar refractivity (Wildman–Crippen MR) is 159 cm³/mol. The normalized spacial score (nSPS) is 13.7. The maximum atomic E-state index is 13.4. The molecule has 0 aliphatic carbocycles. The molecule has 41 heavy (non-hydrogen) atoms. The van der Waals surface area contributed by atoms with Gasteiger partial charge in [0.25, 0.3) is 5.91 Å². The smallest absolute Gasteiger partial charge is 0.251 e. The van der Waals surface area contributed by atoms with Crippen molar-refractivity contribution >= 4 is 34.5 Å². The molecule has 0 unspecified atom stereocenters. The second kappa shape index (κ2) is 13.9. The number of hydrogen-bond donors (Lipinski definition) is 2. The average molecular weight is 574 g/mol. The van der Waals surface area contributed by atoms with E-state index in [1.54, 1.807) is 36.4 Å². The summed E-state index contributed by atoms with van der Waals surface area (Å²) in [7, 11) is 0. The highest BCUT2D eigenvalue weighted by Crippen LogP contribution is 2.25. The minimum atomic E-state index is -0.306. The molecule has 1 saturated heterocycles. The molecule has 2 amide bonds. The predicted octanol–water partition coefficient (Wildman–Crippen LogP) is 4.36. The Labute approximate surface area is 242 Å². The Morgan fingerprint density at radius 2 is 1.66 bits per heavy atom. The lowest BCUT2D eigenvalue weighted by molar-refractivity contribution is -0.120. The number of halogens is 1. The van der Waals surface area contributed by atoms with Gasteiger partial charge in [0.1, 0.15) is 5.82 Å². The summed E-state index contributed by atoms with van der Waals surface area (Å²) in [5.41, 5.74) is 4.42. The van der Waals surface area contributed by atoms with Gasteiger partial charge in [0.15, 0.2) is 4.80 Å². The third-order valence-corrected chi connectivity index (χ3v) is 7.58. The first-order valence-electron chi connectivity index (χ1n) is 13.6. The van der Waals surface area contributed by atoms with Crippen molar-refractivity contribution in [2.45, 2.75) is 13.0 Å². The van der Waals surface area contributed by atoms with Crippen molar-refractivity contribution < 1.29 is 18.7 Å². The van der Waals surface area contributed by atoms with Gasteiger partial charge in [-0.1, -0.05) is 30.3 Å². The second-order valence-corrected chi connectivity index (χ2v) is 10.4. The van der Waals surface area contributed by atoms with E-state index >= 15 is 0 Å². The molecule has 1 fully saturated rings. The van der Waals surface area contributed by atoms with Gasteiger partial charge in [0.05, 0.1) is 31.1 Å². The number of benzene rings is 3. The molecular formula is C31H32FN5O3S. The Morgan fingerprint density at radius 3 is 2.39 bits per heavy atom. The third kappa shape index (κ3) is 7.68. The summed E-state index contributed by atoms with van der Waals surface area (Å²) in [6, 6.07) is 23.4. The first kappa shape index (κ1) is 28.3. The van der Waals surface area contributed by atoms with Gasteiger partial charge in [0.2, 0.25) is 5.91 Å². The van der Waals surface area contributed by atoms with Crippen LogP contribution < -0.4 is 20.3 Å². The minimum Gasteiger partial charge on any atom is -0.378 e. The number of rotatable bonds is 10. The lowest BCUT2D eigenvalue weighted by atomic mass is 10.1. The molecule has 3 aromatic carbocycles. The second-order valence-electron chi connectivity index (χ2n) is 9.54. The van der Waals surface area contributed by atoms with E-state index in [0.29, 0.717) is 30.8 Å². The SMILES string of the molecule is O=C(CNC(=O)c1ccccc1)NCCCn1c(-c2ccc(N3CCOCC3)cc2)cs/c1=N\c1ccc(F)cc1. The maximum Gasteiger partial charge on any atom is 0.251 e. The molecule has 10 heteroatoms. The van der Waals surface area contributed by atoms with Crippen LogP contribution in [0, 0.1) is 5.82 Å². The third-order valence-electron chi connectivity index (χ3n) is 6.71. The van der Waals surface area contributed by atoms with Crippen molar-refractivity contribution in [3.05, 3.63) is 100 Å². The highest BCUT2D eigenvalue weighted by molar-refractivity contribution is 7.07. The zero-order valence-corrected chi connectivity index (χ0v) is 23.4. The van der Waals surface area contributed by atoms with E-state index in [-0.39, 0.29) is 24.2 Å². The van der Waals surface area contributed by atoms with E-state index in [9.17, 15) is 14.0 Å². The number of carbonyl (C=O) groups excluding carboxylic acids is 2. The van der Waals surface area contributed by atoms with E-state index in [0.717, 1.165) is 48.0 Å². The summed E-state index contributed by atoms with van der Waals surface area (Å²) in [4.78, 5) is 32.4. The monoisotopic (exact) mass is 573 g/mol. The number of nitrogens with one attached hydrogen (secondary N) is 2. The van der Waals surface area contributed by atoms with E-state index in [1.165, 1.54) is 23.5 Å². The van der Waals surface area contributed by atoms with Gasteiger partial charge in [-0.15, -0.1) is 11.3 Å². The van der Waals surface area contributed by atoms with Crippen LogP contribution in [-0.4, -0.2) is 55.8 Å². The molecule has 1 aliphatic rings. The van der Waals surface area contributed by atoms with E-state index in [2.05, 4.69) is 49.7 Å². The van der Waals surface area contributed by atoms with Gasteiger partial charge >= 0.3 is 0 Å². The van der Waals surface area contributed by atoms with Gasteiger partial charge in [-0.3, -0.25) is 9.59 Å². The van der Waals surface area contributed by atoms with Crippen molar-refractivity contribution in [3.63, 3.8) is 0 Å². The van der Waals surface area contributed by atoms with Crippen LogP contribution in [-0.2, 0) is 16.1 Å². The fourth-order valence-corrected chi connectivity index (χ4v) is 5.49. The lowest BCUT2D eigenvalue weighted by Crippen LogP contribution is -2.37. The summed E-state index contributed by atoms with van der Waals surface area (Å²) in [6.45, 7) is 4.17. The van der Waals surface area contributed by atoms with Crippen molar-refractivity contribution in [2.75, 3.05) is 44.3 Å². The Balaban J connectivity index is 1.25. The molecule has 1 aromatic heterocycles. The quantitative estimate of drug-likeness (QED) is 0.276. The summed E-state index contributed by atoms with van der Waals surface area (Å²) >= 11 is 1.52. The number of aromatic nitrogens is 1. The van der Waals surface area contributed by atoms with Crippen LogP contribution in [0.15, 0.2) is 89.2 Å². The molecule has 0 atom stereocenters. The Hall–Kier alpha value is -4.28. The van der Waals surface area contributed by atoms with Gasteiger partial charge in [-0.2, -0.15) is 0 Å². The molecule has 2 heterocycles. The standard InChI is InChI=1S/C31H32FN5O3S/c32-25-9-11-26(12-10-25)35-31-37(16-4-15-33-29(38)21-34-30(39)24-5-2-1-3-6-24)28(22-41-31)23-7-13-27(14-8-23)36-17-19-40-20-18-36/h1-3,5-14,22H,4,15-21H2,(H,33,38)(H,34,39)/b35-31-. The van der Waals surface area contributed by atoms with Crippen LogP contribution in [0.5, 0.6) is 0 Å². The number of carbonyl (C=O) groups is 2. The van der Waals surface area contributed by atoms with Gasteiger partial charge < -0.3 is 24.8 Å². The fourth-order valence-electron chi connectivity index (χ4n) is 4.54. The van der Waals surface area contributed by atoms with Crippen molar-refractivity contribution in [1.82, 2.24) is 15.2 Å². The van der Waals surface area contributed by atoms with Gasteiger partial charge in [-0.25, -0.2) is 9.38 Å². The van der Waals surface area contributed by atoms with Crippen molar-refractivity contribution in [1.29, 1.82) is 0 Å². The molecule has 0 saturated carbocycles. The maximum absolute atomic E-state index is 13.4. The fraction of sp³-hybridized carbons (Fsp3) is 0.258. The molecule has 5 rings (SSSR count). The van der Waals surface area contributed by atoms with Crippen molar-refractivity contribution in [3.8, 4) is 11.3 Å². The zero-order chi connectivity index (χ0) is 28.4. The van der Waals surface area contributed by atoms with Crippen LogP contribution in [0.25, 0.3) is 11.3 Å².